The molecule has 3 N–H and O–H groups in total. The van der Waals surface area contributed by atoms with E-state index in [-0.39, 0.29) is 47.7 Å². The van der Waals surface area contributed by atoms with Gasteiger partial charge in [-0.2, -0.15) is 0 Å². The van der Waals surface area contributed by atoms with Crippen LogP contribution in [-0.4, -0.2) is 36.2 Å². The quantitative estimate of drug-likeness (QED) is 0.582. The SMILES string of the molecule is Cc1ccc(S(=O)(=O)CCC(=O)N(CC(C)C)c2c(N)n(CC(C)C)c(=O)[nH]c2=O)cc1. The lowest BCUT2D eigenvalue weighted by atomic mass is 10.2. The van der Waals surface area contributed by atoms with E-state index in [0.717, 1.165) is 5.56 Å². The zero-order valence-corrected chi connectivity index (χ0v) is 20.0. The fourth-order valence-electron chi connectivity index (χ4n) is 3.29. The number of H-pyrrole nitrogens is 1. The first-order valence-corrected chi connectivity index (χ1v) is 12.2. The van der Waals surface area contributed by atoms with Crippen LogP contribution in [0.3, 0.4) is 0 Å². The fraction of sp³-hybridized carbons (Fsp3) is 0.500. The Morgan fingerprint density at radius 1 is 1.09 bits per heavy atom. The van der Waals surface area contributed by atoms with E-state index < -0.39 is 32.7 Å². The molecule has 2 aromatic rings. The van der Waals surface area contributed by atoms with Gasteiger partial charge in [0.15, 0.2) is 15.5 Å². The number of aryl methyl sites for hydroxylation is 1. The number of anilines is 2. The Morgan fingerprint density at radius 2 is 1.69 bits per heavy atom. The van der Waals surface area contributed by atoms with Crippen LogP contribution in [0, 0.1) is 18.8 Å². The number of carbonyl (C=O) groups is 1. The Bertz CT molecular complexity index is 1180. The number of carbonyl (C=O) groups excluding carboxylic acids is 1. The maximum absolute atomic E-state index is 13.1. The molecule has 0 spiro atoms. The molecule has 10 heteroatoms. The van der Waals surface area contributed by atoms with Crippen LogP contribution >= 0.6 is 0 Å². The number of nitrogens with one attached hydrogen (secondary N) is 1. The fourth-order valence-corrected chi connectivity index (χ4v) is 4.52. The second-order valence-corrected chi connectivity index (χ2v) is 10.9. The molecule has 0 saturated carbocycles. The number of hydrogen-bond acceptors (Lipinski definition) is 6. The van der Waals surface area contributed by atoms with Crippen molar-refractivity contribution in [3.63, 3.8) is 0 Å². The van der Waals surface area contributed by atoms with Gasteiger partial charge in [-0.15, -0.1) is 0 Å². The van der Waals surface area contributed by atoms with Crippen molar-refractivity contribution >= 4 is 27.2 Å². The van der Waals surface area contributed by atoms with Crippen LogP contribution in [0.5, 0.6) is 0 Å². The summed E-state index contributed by atoms with van der Waals surface area (Å²) in [6.45, 7) is 9.77. The van der Waals surface area contributed by atoms with Gasteiger partial charge in [-0.3, -0.25) is 19.1 Å². The highest BCUT2D eigenvalue weighted by Gasteiger charge is 2.27. The predicted molar refractivity (Wildman–Crippen MR) is 126 cm³/mol. The van der Waals surface area contributed by atoms with Gasteiger partial charge < -0.3 is 10.6 Å². The van der Waals surface area contributed by atoms with Gasteiger partial charge in [-0.1, -0.05) is 45.4 Å². The minimum atomic E-state index is -3.69. The average Bonchev–Trinajstić information content (AvgIpc) is 2.68. The molecule has 176 valence electrons. The molecule has 0 unspecified atom stereocenters. The van der Waals surface area contributed by atoms with E-state index in [4.69, 9.17) is 5.73 Å². The molecule has 1 aromatic heterocycles. The molecule has 0 bridgehead atoms. The van der Waals surface area contributed by atoms with Crippen LogP contribution in [0.15, 0.2) is 38.8 Å². The van der Waals surface area contributed by atoms with Crippen molar-refractivity contribution < 1.29 is 13.2 Å². The Balaban J connectivity index is 2.40. The molecule has 9 nitrogen and oxygen atoms in total. The number of nitrogens with zero attached hydrogens (tertiary/aromatic N) is 2. The van der Waals surface area contributed by atoms with Crippen molar-refractivity contribution in [1.82, 2.24) is 9.55 Å². The Hall–Kier alpha value is -2.88. The molecule has 0 saturated heterocycles. The summed E-state index contributed by atoms with van der Waals surface area (Å²) < 4.78 is 26.6. The zero-order chi connectivity index (χ0) is 24.2. The van der Waals surface area contributed by atoms with Gasteiger partial charge in [0.25, 0.3) is 5.56 Å². The van der Waals surface area contributed by atoms with Crippen LogP contribution in [-0.2, 0) is 21.2 Å². The summed E-state index contributed by atoms with van der Waals surface area (Å²) in [7, 11) is -3.69. The molecule has 0 aliphatic heterocycles. The number of rotatable bonds is 9. The molecular formula is C22H32N4O5S. The predicted octanol–water partition coefficient (Wildman–Crippen LogP) is 1.94. The van der Waals surface area contributed by atoms with Gasteiger partial charge in [0.2, 0.25) is 5.91 Å². The van der Waals surface area contributed by atoms with E-state index in [1.54, 1.807) is 12.1 Å². The maximum atomic E-state index is 13.1. The number of amides is 1. The number of nitrogen functional groups attached to an aromatic ring is 1. The van der Waals surface area contributed by atoms with Gasteiger partial charge in [-0.25, -0.2) is 13.2 Å². The largest absolute Gasteiger partial charge is 0.383 e. The first-order valence-electron chi connectivity index (χ1n) is 10.6. The minimum Gasteiger partial charge on any atom is -0.383 e. The topological polar surface area (TPSA) is 135 Å². The molecule has 0 aliphatic rings. The summed E-state index contributed by atoms with van der Waals surface area (Å²) in [5.41, 5.74) is 5.54. The molecule has 1 aromatic carbocycles. The molecule has 0 radical (unpaired) electrons. The molecule has 1 heterocycles. The summed E-state index contributed by atoms with van der Waals surface area (Å²) in [4.78, 5) is 41.5. The normalized spacial score (nSPS) is 11.8. The van der Waals surface area contributed by atoms with Gasteiger partial charge in [-0.05, 0) is 30.9 Å². The van der Waals surface area contributed by atoms with Gasteiger partial charge in [0.1, 0.15) is 5.82 Å². The second-order valence-electron chi connectivity index (χ2n) is 8.78. The average molecular weight is 465 g/mol. The lowest BCUT2D eigenvalue weighted by Crippen LogP contribution is -2.43. The third-order valence-electron chi connectivity index (χ3n) is 4.85. The van der Waals surface area contributed by atoms with E-state index >= 15 is 0 Å². The Labute approximate surface area is 188 Å². The molecule has 1 amide bonds. The minimum absolute atomic E-state index is 0.0306. The van der Waals surface area contributed by atoms with Gasteiger partial charge >= 0.3 is 5.69 Å². The monoisotopic (exact) mass is 464 g/mol. The van der Waals surface area contributed by atoms with Crippen LogP contribution in [0.4, 0.5) is 11.5 Å². The number of nitrogens with two attached hydrogens (primary N) is 1. The van der Waals surface area contributed by atoms with Crippen molar-refractivity contribution in [3.05, 3.63) is 50.7 Å². The van der Waals surface area contributed by atoms with Crippen molar-refractivity contribution in [3.8, 4) is 0 Å². The molecule has 0 atom stereocenters. The smallest absolute Gasteiger partial charge is 0.330 e. The van der Waals surface area contributed by atoms with Crippen LogP contribution in [0.2, 0.25) is 0 Å². The van der Waals surface area contributed by atoms with Crippen molar-refractivity contribution in [1.29, 1.82) is 0 Å². The van der Waals surface area contributed by atoms with E-state index in [9.17, 15) is 22.8 Å². The number of hydrogen-bond donors (Lipinski definition) is 2. The third kappa shape index (κ3) is 6.09. The van der Waals surface area contributed by atoms with E-state index in [0.29, 0.717) is 0 Å². The Kier molecular flexibility index (Phi) is 8.06. The molecular weight excluding hydrogens is 432 g/mol. The molecule has 0 aliphatic carbocycles. The van der Waals surface area contributed by atoms with Gasteiger partial charge in [0, 0.05) is 19.5 Å². The molecule has 2 rings (SSSR count). The molecule has 0 fully saturated rings. The highest BCUT2D eigenvalue weighted by atomic mass is 32.2. The maximum Gasteiger partial charge on any atom is 0.330 e. The summed E-state index contributed by atoms with van der Waals surface area (Å²) in [5.74, 6) is -1.03. The summed E-state index contributed by atoms with van der Waals surface area (Å²) >= 11 is 0. The third-order valence-corrected chi connectivity index (χ3v) is 6.58. The standard InChI is InChI=1S/C22H32N4O5S/c1-14(2)12-25(19-20(23)26(13-15(3)4)22(29)24-21(19)28)18(27)10-11-32(30,31)17-8-6-16(5)7-9-17/h6-9,14-15H,10-13,23H2,1-5H3,(H,24,28,29). The van der Waals surface area contributed by atoms with Gasteiger partial charge in [0.05, 0.1) is 10.6 Å². The molecule has 32 heavy (non-hydrogen) atoms. The summed E-state index contributed by atoms with van der Waals surface area (Å²) in [6, 6.07) is 6.40. The Morgan fingerprint density at radius 3 is 2.22 bits per heavy atom. The number of benzene rings is 1. The van der Waals surface area contributed by atoms with E-state index in [2.05, 4.69) is 4.98 Å². The highest BCUT2D eigenvalue weighted by molar-refractivity contribution is 7.91. The van der Waals surface area contributed by atoms with E-state index in [1.807, 2.05) is 34.6 Å². The highest BCUT2D eigenvalue weighted by Crippen LogP contribution is 2.21. The lowest BCUT2D eigenvalue weighted by Gasteiger charge is -2.26. The first-order chi connectivity index (χ1) is 14.8. The van der Waals surface area contributed by atoms with Crippen LogP contribution in [0.1, 0.15) is 39.7 Å². The lowest BCUT2D eigenvalue weighted by molar-refractivity contribution is -0.118. The van der Waals surface area contributed by atoms with Crippen molar-refractivity contribution in [2.24, 2.45) is 11.8 Å². The summed E-state index contributed by atoms with van der Waals surface area (Å²) in [5, 5.41) is 0. The van der Waals surface area contributed by atoms with Crippen molar-refractivity contribution in [2.45, 2.75) is 52.5 Å². The number of sulfone groups is 1. The number of aromatic amines is 1. The first kappa shape index (κ1) is 25.4. The summed E-state index contributed by atoms with van der Waals surface area (Å²) in [6.07, 6.45) is -0.328. The van der Waals surface area contributed by atoms with Crippen molar-refractivity contribution in [2.75, 3.05) is 22.9 Å². The number of aromatic nitrogens is 2. The second kappa shape index (κ2) is 10.2. The van der Waals surface area contributed by atoms with Crippen LogP contribution < -0.4 is 21.9 Å². The zero-order valence-electron chi connectivity index (χ0n) is 19.2. The van der Waals surface area contributed by atoms with Crippen LogP contribution in [0.25, 0.3) is 0 Å². The van der Waals surface area contributed by atoms with E-state index in [1.165, 1.54) is 21.6 Å².